The van der Waals surface area contributed by atoms with Crippen molar-refractivity contribution >= 4 is 11.1 Å². The van der Waals surface area contributed by atoms with E-state index < -0.39 is 0 Å². The van der Waals surface area contributed by atoms with E-state index in [1.165, 1.54) is 4.57 Å². The van der Waals surface area contributed by atoms with Gasteiger partial charge in [0.25, 0.3) is 0 Å². The van der Waals surface area contributed by atoms with Gasteiger partial charge in [0, 0.05) is 13.1 Å². The number of benzene rings is 1. The summed E-state index contributed by atoms with van der Waals surface area (Å²) in [4.78, 5) is 11.4. The van der Waals surface area contributed by atoms with Crippen molar-refractivity contribution in [3.05, 3.63) is 34.3 Å². The first-order chi connectivity index (χ1) is 8.17. The largest absolute Gasteiger partial charge is 0.419 e. The lowest BCUT2D eigenvalue weighted by Gasteiger charge is -2.15. The molecule has 92 valence electrons. The highest BCUT2D eigenvalue weighted by atomic mass is 16.4. The van der Waals surface area contributed by atoms with E-state index in [4.69, 9.17) is 10.2 Å². The third kappa shape index (κ3) is 2.11. The molecule has 0 radical (unpaired) electrons. The Kier molecular flexibility index (Phi) is 3.31. The molecule has 1 aromatic heterocycles. The molecule has 0 fully saturated rings. The molecule has 1 heterocycles. The topological polar surface area (TPSA) is 73.2 Å². The van der Waals surface area contributed by atoms with Gasteiger partial charge in [-0.25, -0.2) is 4.79 Å². The number of hydrogen-bond acceptors (Lipinski definition) is 4. The molecule has 0 aliphatic heterocycles. The Bertz CT molecular complexity index is 571. The van der Waals surface area contributed by atoms with Crippen LogP contribution in [0.5, 0.6) is 0 Å². The summed E-state index contributed by atoms with van der Waals surface area (Å²) in [6, 6.07) is 5.96. The van der Waals surface area contributed by atoms with Crippen LogP contribution in [-0.2, 0) is 7.05 Å². The maximum atomic E-state index is 11.4. The number of fused-ring (bicyclic) bond motifs is 1. The van der Waals surface area contributed by atoms with Crippen molar-refractivity contribution < 1.29 is 4.42 Å². The molecule has 0 saturated carbocycles. The van der Waals surface area contributed by atoms with Gasteiger partial charge in [0.05, 0.1) is 5.52 Å². The average Bonchev–Trinajstić information content (AvgIpc) is 2.62. The number of aromatic nitrogens is 1. The fourth-order valence-corrected chi connectivity index (χ4v) is 2.00. The standard InChI is InChI=1S/C12H17N3O2/c1-14-9(5-6-13)8-3-4-11-10(7-8)15(2)12(16)17-11/h3-4,7,9,14H,5-6,13H2,1-2H3. The average molecular weight is 235 g/mol. The minimum atomic E-state index is -0.336. The molecule has 0 spiro atoms. The number of oxazole rings is 1. The number of aryl methyl sites for hydroxylation is 1. The normalized spacial score (nSPS) is 13.1. The van der Waals surface area contributed by atoms with Gasteiger partial charge in [-0.05, 0) is 37.7 Å². The number of nitrogens with one attached hydrogen (secondary N) is 1. The van der Waals surface area contributed by atoms with Gasteiger partial charge in [-0.1, -0.05) is 6.07 Å². The number of rotatable bonds is 4. The molecule has 2 rings (SSSR count). The molecule has 1 unspecified atom stereocenters. The van der Waals surface area contributed by atoms with Gasteiger partial charge in [0.1, 0.15) is 0 Å². The molecule has 0 amide bonds. The van der Waals surface area contributed by atoms with E-state index in [-0.39, 0.29) is 11.8 Å². The Morgan fingerprint density at radius 1 is 1.53 bits per heavy atom. The maximum absolute atomic E-state index is 11.4. The van der Waals surface area contributed by atoms with Crippen LogP contribution < -0.4 is 16.8 Å². The van der Waals surface area contributed by atoms with Crippen LogP contribution in [0, 0.1) is 0 Å². The summed E-state index contributed by atoms with van der Waals surface area (Å²) in [6.07, 6.45) is 0.855. The van der Waals surface area contributed by atoms with E-state index in [2.05, 4.69) is 5.32 Å². The summed E-state index contributed by atoms with van der Waals surface area (Å²) in [6.45, 7) is 0.619. The first-order valence-corrected chi connectivity index (χ1v) is 5.64. The summed E-state index contributed by atoms with van der Waals surface area (Å²) in [5.74, 6) is -0.336. The summed E-state index contributed by atoms with van der Waals surface area (Å²) in [5, 5.41) is 3.21. The van der Waals surface area contributed by atoms with Crippen molar-refractivity contribution in [2.75, 3.05) is 13.6 Å². The number of hydrogen-bond donors (Lipinski definition) is 2. The summed E-state index contributed by atoms with van der Waals surface area (Å²) in [5.41, 5.74) is 8.11. The highest BCUT2D eigenvalue weighted by molar-refractivity contribution is 5.73. The minimum absolute atomic E-state index is 0.203. The Hall–Kier alpha value is -1.59. The van der Waals surface area contributed by atoms with Crippen LogP contribution in [0.3, 0.4) is 0 Å². The highest BCUT2D eigenvalue weighted by Gasteiger charge is 2.11. The maximum Gasteiger partial charge on any atom is 0.419 e. The lowest BCUT2D eigenvalue weighted by atomic mass is 10.0. The van der Waals surface area contributed by atoms with Crippen LogP contribution in [0.1, 0.15) is 18.0 Å². The third-order valence-corrected chi connectivity index (χ3v) is 3.02. The Labute approximate surface area is 99.2 Å². The van der Waals surface area contributed by atoms with Crippen LogP contribution in [0.4, 0.5) is 0 Å². The molecule has 5 heteroatoms. The van der Waals surface area contributed by atoms with E-state index in [9.17, 15) is 4.79 Å². The zero-order valence-electron chi connectivity index (χ0n) is 10.1. The summed E-state index contributed by atoms with van der Waals surface area (Å²) >= 11 is 0. The van der Waals surface area contributed by atoms with Crippen molar-refractivity contribution in [1.82, 2.24) is 9.88 Å². The Morgan fingerprint density at radius 3 is 2.94 bits per heavy atom. The number of nitrogens with two attached hydrogens (primary N) is 1. The zero-order chi connectivity index (χ0) is 12.4. The van der Waals surface area contributed by atoms with Crippen molar-refractivity contribution in [2.45, 2.75) is 12.5 Å². The fraction of sp³-hybridized carbons (Fsp3) is 0.417. The fourth-order valence-electron chi connectivity index (χ4n) is 2.00. The second kappa shape index (κ2) is 4.73. The molecule has 0 saturated heterocycles. The SMILES string of the molecule is CNC(CCN)c1ccc2oc(=O)n(C)c2c1. The van der Waals surface area contributed by atoms with Crippen LogP contribution in [-0.4, -0.2) is 18.2 Å². The van der Waals surface area contributed by atoms with Crippen molar-refractivity contribution in [3.63, 3.8) is 0 Å². The van der Waals surface area contributed by atoms with Gasteiger partial charge in [-0.2, -0.15) is 0 Å². The lowest BCUT2D eigenvalue weighted by molar-refractivity contribution is 0.528. The van der Waals surface area contributed by atoms with Crippen LogP contribution >= 0.6 is 0 Å². The molecule has 2 aromatic rings. The molecular formula is C12H17N3O2. The second-order valence-corrected chi connectivity index (χ2v) is 4.07. The predicted molar refractivity (Wildman–Crippen MR) is 66.9 cm³/mol. The third-order valence-electron chi connectivity index (χ3n) is 3.02. The van der Waals surface area contributed by atoms with Gasteiger partial charge < -0.3 is 15.5 Å². The Balaban J connectivity index is 2.49. The molecule has 5 nitrogen and oxygen atoms in total. The van der Waals surface area contributed by atoms with Crippen LogP contribution in [0.25, 0.3) is 11.1 Å². The van der Waals surface area contributed by atoms with Gasteiger partial charge in [-0.3, -0.25) is 4.57 Å². The minimum Gasteiger partial charge on any atom is -0.408 e. The Morgan fingerprint density at radius 2 is 2.29 bits per heavy atom. The van der Waals surface area contributed by atoms with Crippen molar-refractivity contribution in [3.8, 4) is 0 Å². The smallest absolute Gasteiger partial charge is 0.408 e. The van der Waals surface area contributed by atoms with Crippen LogP contribution in [0.15, 0.2) is 27.4 Å². The molecular weight excluding hydrogens is 218 g/mol. The van der Waals surface area contributed by atoms with E-state index in [0.29, 0.717) is 12.1 Å². The zero-order valence-corrected chi connectivity index (χ0v) is 10.1. The number of nitrogens with zero attached hydrogens (tertiary/aromatic N) is 1. The predicted octanol–water partition coefficient (Wildman–Crippen LogP) is 0.741. The van der Waals surface area contributed by atoms with Gasteiger partial charge >= 0.3 is 5.76 Å². The first kappa shape index (κ1) is 11.9. The van der Waals surface area contributed by atoms with Crippen molar-refractivity contribution in [1.29, 1.82) is 0 Å². The quantitative estimate of drug-likeness (QED) is 0.819. The van der Waals surface area contributed by atoms with Gasteiger partial charge in [-0.15, -0.1) is 0 Å². The van der Waals surface area contributed by atoms with Crippen LogP contribution in [0.2, 0.25) is 0 Å². The van der Waals surface area contributed by atoms with E-state index in [1.807, 2.05) is 25.2 Å². The van der Waals surface area contributed by atoms with E-state index >= 15 is 0 Å². The monoisotopic (exact) mass is 235 g/mol. The van der Waals surface area contributed by atoms with Gasteiger partial charge in [0.2, 0.25) is 0 Å². The lowest BCUT2D eigenvalue weighted by Crippen LogP contribution is -2.19. The summed E-state index contributed by atoms with van der Waals surface area (Å²) in [7, 11) is 3.61. The van der Waals surface area contributed by atoms with E-state index in [1.54, 1.807) is 7.05 Å². The molecule has 0 aliphatic carbocycles. The molecule has 17 heavy (non-hydrogen) atoms. The molecule has 0 aliphatic rings. The second-order valence-electron chi connectivity index (χ2n) is 4.07. The summed E-state index contributed by atoms with van der Waals surface area (Å²) < 4.78 is 6.60. The van der Waals surface area contributed by atoms with Gasteiger partial charge in [0.15, 0.2) is 5.58 Å². The molecule has 0 bridgehead atoms. The molecule has 1 atom stereocenters. The first-order valence-electron chi connectivity index (χ1n) is 5.64. The molecule has 1 aromatic carbocycles. The van der Waals surface area contributed by atoms with Crippen molar-refractivity contribution in [2.24, 2.45) is 12.8 Å². The van der Waals surface area contributed by atoms with E-state index in [0.717, 1.165) is 17.5 Å². The highest BCUT2D eigenvalue weighted by Crippen LogP contribution is 2.21. The molecule has 3 N–H and O–H groups in total.